The minimum absolute atomic E-state index is 0.391. The van der Waals surface area contributed by atoms with Crippen molar-refractivity contribution >= 4 is 0 Å². The molecule has 0 unspecified atom stereocenters. The summed E-state index contributed by atoms with van der Waals surface area (Å²) in [4.78, 5) is 0. The Bertz CT molecular complexity index is 145. The fourth-order valence-corrected chi connectivity index (χ4v) is 1.92. The maximum Gasteiger partial charge on any atom is -0.00722 e. The van der Waals surface area contributed by atoms with Crippen molar-refractivity contribution in [1.82, 2.24) is 0 Å². The Labute approximate surface area is 84.1 Å². The zero-order valence-electron chi connectivity index (χ0n) is 10.3. The Morgan fingerprint density at radius 3 is 1.85 bits per heavy atom. The molecule has 1 heteroatoms. The molecule has 0 aromatic rings. The average molecular weight is 185 g/mol. The van der Waals surface area contributed by atoms with Gasteiger partial charge in [-0.25, -0.2) is 0 Å². The highest BCUT2D eigenvalue weighted by molar-refractivity contribution is 4.81. The number of nitrogens with two attached hydrogens (primary N) is 1. The topological polar surface area (TPSA) is 26.0 Å². The zero-order valence-corrected chi connectivity index (χ0v) is 10.3. The molecule has 0 radical (unpaired) electrons. The van der Waals surface area contributed by atoms with Crippen molar-refractivity contribution in [2.24, 2.45) is 22.5 Å². The molecule has 80 valence electrons. The Morgan fingerprint density at radius 2 is 1.54 bits per heavy atom. The predicted molar refractivity (Wildman–Crippen MR) is 60.7 cm³/mol. The van der Waals surface area contributed by atoms with Crippen LogP contribution in [0.25, 0.3) is 0 Å². The highest BCUT2D eigenvalue weighted by atomic mass is 14.5. The molecule has 0 bridgehead atoms. The van der Waals surface area contributed by atoms with Crippen molar-refractivity contribution in [2.75, 3.05) is 6.54 Å². The van der Waals surface area contributed by atoms with Gasteiger partial charge in [-0.2, -0.15) is 0 Å². The molecule has 2 N–H and O–H groups in total. The predicted octanol–water partition coefficient (Wildman–Crippen LogP) is 3.43. The SMILES string of the molecule is CC(C)C(C)(C)CC(C)(C)CCN. The first-order chi connectivity index (χ1) is 5.71. The fraction of sp³-hybridized carbons (Fsp3) is 1.00. The van der Waals surface area contributed by atoms with E-state index >= 15 is 0 Å². The van der Waals surface area contributed by atoms with Crippen LogP contribution in [0, 0.1) is 16.7 Å². The molecule has 0 saturated heterocycles. The molecule has 0 spiro atoms. The van der Waals surface area contributed by atoms with Gasteiger partial charge in [-0.15, -0.1) is 0 Å². The molecule has 0 rings (SSSR count). The van der Waals surface area contributed by atoms with Crippen LogP contribution in [-0.2, 0) is 0 Å². The van der Waals surface area contributed by atoms with Gasteiger partial charge in [0.15, 0.2) is 0 Å². The second kappa shape index (κ2) is 4.45. The molecule has 0 aliphatic heterocycles. The van der Waals surface area contributed by atoms with Crippen LogP contribution in [0.15, 0.2) is 0 Å². The van der Waals surface area contributed by atoms with E-state index in [4.69, 9.17) is 5.73 Å². The van der Waals surface area contributed by atoms with E-state index in [1.165, 1.54) is 6.42 Å². The Hall–Kier alpha value is -0.0400. The molecule has 0 heterocycles. The molecule has 0 atom stereocenters. The highest BCUT2D eigenvalue weighted by Gasteiger charge is 2.30. The van der Waals surface area contributed by atoms with E-state index in [1.54, 1.807) is 0 Å². The van der Waals surface area contributed by atoms with Gasteiger partial charge in [0.2, 0.25) is 0 Å². The molecule has 0 aliphatic carbocycles. The zero-order chi connectivity index (χ0) is 10.7. The fourth-order valence-electron chi connectivity index (χ4n) is 1.92. The Morgan fingerprint density at radius 1 is 1.08 bits per heavy atom. The lowest BCUT2D eigenvalue weighted by Gasteiger charge is -2.37. The third-order valence-electron chi connectivity index (χ3n) is 3.32. The first kappa shape index (κ1) is 13.0. The number of hydrogen-bond acceptors (Lipinski definition) is 1. The smallest absolute Gasteiger partial charge is 0.00722 e. The minimum Gasteiger partial charge on any atom is -0.330 e. The first-order valence-corrected chi connectivity index (χ1v) is 5.41. The van der Waals surface area contributed by atoms with Crippen molar-refractivity contribution in [3.05, 3.63) is 0 Å². The van der Waals surface area contributed by atoms with E-state index in [1.807, 2.05) is 0 Å². The van der Waals surface area contributed by atoms with Crippen LogP contribution in [0.2, 0.25) is 0 Å². The third-order valence-corrected chi connectivity index (χ3v) is 3.32. The molecule has 0 saturated carbocycles. The molecule has 13 heavy (non-hydrogen) atoms. The van der Waals surface area contributed by atoms with Gasteiger partial charge in [0, 0.05) is 0 Å². The molecule has 0 aliphatic rings. The summed E-state index contributed by atoms with van der Waals surface area (Å²) in [5, 5.41) is 0. The van der Waals surface area contributed by atoms with Crippen LogP contribution in [0.3, 0.4) is 0 Å². The van der Waals surface area contributed by atoms with E-state index in [2.05, 4.69) is 41.5 Å². The van der Waals surface area contributed by atoms with Crippen molar-refractivity contribution in [1.29, 1.82) is 0 Å². The Balaban J connectivity index is 4.24. The second-order valence-corrected chi connectivity index (χ2v) is 6.02. The van der Waals surface area contributed by atoms with E-state index in [9.17, 15) is 0 Å². The van der Waals surface area contributed by atoms with Crippen LogP contribution in [0.1, 0.15) is 54.4 Å². The minimum atomic E-state index is 0.391. The van der Waals surface area contributed by atoms with Gasteiger partial charge >= 0.3 is 0 Å². The summed E-state index contributed by atoms with van der Waals surface area (Å²) in [7, 11) is 0. The average Bonchev–Trinajstić information content (AvgIpc) is 1.83. The first-order valence-electron chi connectivity index (χ1n) is 5.41. The summed E-state index contributed by atoms with van der Waals surface area (Å²) in [6.45, 7) is 14.8. The lowest BCUT2D eigenvalue weighted by molar-refractivity contribution is 0.134. The van der Waals surface area contributed by atoms with Crippen LogP contribution in [-0.4, -0.2) is 6.54 Å². The molecule has 0 aromatic heterocycles. The maximum absolute atomic E-state index is 5.61. The van der Waals surface area contributed by atoms with Gasteiger partial charge < -0.3 is 5.73 Å². The third kappa shape index (κ3) is 4.66. The van der Waals surface area contributed by atoms with Crippen LogP contribution >= 0.6 is 0 Å². The number of hydrogen-bond donors (Lipinski definition) is 1. The molecule has 0 amide bonds. The molecule has 1 nitrogen and oxygen atoms in total. The molecular weight excluding hydrogens is 158 g/mol. The molecule has 0 aromatic carbocycles. The second-order valence-electron chi connectivity index (χ2n) is 6.02. The summed E-state index contributed by atoms with van der Waals surface area (Å²) >= 11 is 0. The van der Waals surface area contributed by atoms with E-state index in [-0.39, 0.29) is 0 Å². The summed E-state index contributed by atoms with van der Waals surface area (Å²) in [5.74, 6) is 0.740. The van der Waals surface area contributed by atoms with Crippen molar-refractivity contribution in [2.45, 2.75) is 54.4 Å². The normalized spacial score (nSPS) is 13.8. The van der Waals surface area contributed by atoms with Crippen molar-refractivity contribution in [3.8, 4) is 0 Å². The summed E-state index contributed by atoms with van der Waals surface area (Å²) < 4.78 is 0. The van der Waals surface area contributed by atoms with E-state index in [0.29, 0.717) is 10.8 Å². The Kier molecular flexibility index (Phi) is 4.44. The van der Waals surface area contributed by atoms with Gasteiger partial charge in [0.25, 0.3) is 0 Å². The summed E-state index contributed by atoms with van der Waals surface area (Å²) in [6.07, 6.45) is 2.39. The standard InChI is InChI=1S/C12H27N/c1-10(2)12(5,6)9-11(3,4)7-8-13/h10H,7-9,13H2,1-6H3. The van der Waals surface area contributed by atoms with Crippen molar-refractivity contribution in [3.63, 3.8) is 0 Å². The van der Waals surface area contributed by atoms with E-state index < -0.39 is 0 Å². The molecule has 0 fully saturated rings. The maximum atomic E-state index is 5.61. The lowest BCUT2D eigenvalue weighted by Crippen LogP contribution is -2.29. The largest absolute Gasteiger partial charge is 0.330 e. The van der Waals surface area contributed by atoms with Gasteiger partial charge in [-0.3, -0.25) is 0 Å². The van der Waals surface area contributed by atoms with Gasteiger partial charge in [0.05, 0.1) is 0 Å². The quantitative estimate of drug-likeness (QED) is 0.697. The monoisotopic (exact) mass is 185 g/mol. The van der Waals surface area contributed by atoms with Crippen LogP contribution in [0.4, 0.5) is 0 Å². The van der Waals surface area contributed by atoms with Crippen LogP contribution in [0.5, 0.6) is 0 Å². The van der Waals surface area contributed by atoms with Gasteiger partial charge in [-0.1, -0.05) is 41.5 Å². The summed E-state index contributed by atoms with van der Waals surface area (Å²) in [5.41, 5.74) is 6.43. The van der Waals surface area contributed by atoms with Crippen molar-refractivity contribution < 1.29 is 0 Å². The summed E-state index contributed by atoms with van der Waals surface area (Å²) in [6, 6.07) is 0. The van der Waals surface area contributed by atoms with E-state index in [0.717, 1.165) is 18.9 Å². The van der Waals surface area contributed by atoms with Gasteiger partial charge in [-0.05, 0) is 36.1 Å². The van der Waals surface area contributed by atoms with Crippen LogP contribution < -0.4 is 5.73 Å². The lowest BCUT2D eigenvalue weighted by atomic mass is 9.68. The molecular formula is C12H27N. The number of rotatable bonds is 5. The highest BCUT2D eigenvalue weighted by Crippen LogP contribution is 2.40. The van der Waals surface area contributed by atoms with Gasteiger partial charge in [0.1, 0.15) is 0 Å².